The van der Waals surface area contributed by atoms with Crippen LogP contribution >= 0.6 is 27.3 Å². The summed E-state index contributed by atoms with van der Waals surface area (Å²) in [7, 11) is 0. The van der Waals surface area contributed by atoms with Gasteiger partial charge in [-0.1, -0.05) is 20.8 Å². The number of rotatable bonds is 4. The number of carbonyl (C=O) groups excluding carboxylic acids is 1. The van der Waals surface area contributed by atoms with Crippen molar-refractivity contribution in [2.24, 2.45) is 5.41 Å². The minimum atomic E-state index is -0.163. The Morgan fingerprint density at radius 2 is 1.89 bits per heavy atom. The van der Waals surface area contributed by atoms with Crippen LogP contribution in [0.4, 0.5) is 0 Å². The molecule has 0 aliphatic rings. The monoisotopic (exact) mass is 331 g/mol. The van der Waals surface area contributed by atoms with Gasteiger partial charge in [-0.3, -0.25) is 4.79 Å². The van der Waals surface area contributed by atoms with Crippen LogP contribution in [0.3, 0.4) is 0 Å². The maximum absolute atomic E-state index is 12.0. The second-order valence-electron chi connectivity index (χ2n) is 6.55. The van der Waals surface area contributed by atoms with Crippen molar-refractivity contribution in [1.29, 1.82) is 0 Å². The summed E-state index contributed by atoms with van der Waals surface area (Å²) < 4.78 is 1.07. The average Bonchev–Trinajstić information content (AvgIpc) is 2.44. The van der Waals surface area contributed by atoms with Gasteiger partial charge in [0.05, 0.1) is 10.2 Å². The van der Waals surface area contributed by atoms with Crippen molar-refractivity contribution < 1.29 is 4.79 Å². The molecule has 0 spiro atoms. The zero-order valence-corrected chi connectivity index (χ0v) is 14.2. The van der Waals surface area contributed by atoms with Crippen LogP contribution in [0.25, 0.3) is 0 Å². The van der Waals surface area contributed by atoms with Crippen molar-refractivity contribution in [1.82, 2.24) is 5.32 Å². The molecule has 0 unspecified atom stereocenters. The molecular weight excluding hydrogens is 310 g/mol. The van der Waals surface area contributed by atoms with Gasteiger partial charge in [0, 0.05) is 10.4 Å². The molecule has 0 aliphatic heterocycles. The number of carbonyl (C=O) groups is 1. The fraction of sp³-hybridized carbons (Fsp3) is 0.643. The maximum Gasteiger partial charge on any atom is 0.225 e. The highest BCUT2D eigenvalue weighted by Crippen LogP contribution is 2.27. The Morgan fingerprint density at radius 3 is 2.33 bits per heavy atom. The van der Waals surface area contributed by atoms with Crippen molar-refractivity contribution >= 4 is 33.2 Å². The lowest BCUT2D eigenvalue weighted by atomic mass is 9.82. The van der Waals surface area contributed by atoms with E-state index in [-0.39, 0.29) is 16.9 Å². The molecule has 0 bridgehead atoms. The zero-order valence-electron chi connectivity index (χ0n) is 11.8. The van der Waals surface area contributed by atoms with Crippen LogP contribution in [0.1, 0.15) is 45.9 Å². The van der Waals surface area contributed by atoms with Crippen molar-refractivity contribution in [3.8, 4) is 0 Å². The van der Waals surface area contributed by atoms with Gasteiger partial charge in [0.2, 0.25) is 5.91 Å². The van der Waals surface area contributed by atoms with E-state index in [4.69, 9.17) is 0 Å². The number of halogens is 1. The normalized spacial score (nSPS) is 12.6. The molecule has 0 aliphatic carbocycles. The highest BCUT2D eigenvalue weighted by atomic mass is 79.9. The standard InChI is InChI=1S/C14H22BrNOS/c1-13(2,3)9-14(4,5)16-12(17)8-10-6-7-11(15)18-10/h6-7H,8-9H2,1-5H3,(H,16,17). The SMILES string of the molecule is CC(C)(C)CC(C)(C)NC(=O)Cc1ccc(Br)s1. The molecule has 1 heterocycles. The third kappa shape index (κ3) is 6.01. The van der Waals surface area contributed by atoms with E-state index in [0.29, 0.717) is 6.42 Å². The predicted octanol–water partition coefficient (Wildman–Crippen LogP) is 4.38. The van der Waals surface area contributed by atoms with Crippen LogP contribution in [0.5, 0.6) is 0 Å². The number of nitrogens with one attached hydrogen (secondary N) is 1. The van der Waals surface area contributed by atoms with E-state index in [2.05, 4.69) is 55.9 Å². The molecule has 1 N–H and O–H groups in total. The molecule has 0 fully saturated rings. The number of thiophene rings is 1. The fourth-order valence-corrected chi connectivity index (χ4v) is 3.88. The molecule has 0 saturated heterocycles. The van der Waals surface area contributed by atoms with Crippen LogP contribution < -0.4 is 5.32 Å². The third-order valence-corrected chi connectivity index (χ3v) is 4.04. The summed E-state index contributed by atoms with van der Waals surface area (Å²) in [5, 5.41) is 3.12. The first-order valence-electron chi connectivity index (χ1n) is 6.13. The first-order valence-corrected chi connectivity index (χ1v) is 7.74. The van der Waals surface area contributed by atoms with Crippen molar-refractivity contribution in [2.45, 2.75) is 53.0 Å². The average molecular weight is 332 g/mol. The van der Waals surface area contributed by atoms with Crippen molar-refractivity contribution in [3.05, 3.63) is 20.8 Å². The summed E-state index contributed by atoms with van der Waals surface area (Å²) in [6, 6.07) is 3.97. The number of hydrogen-bond acceptors (Lipinski definition) is 2. The largest absolute Gasteiger partial charge is 0.351 e. The highest BCUT2D eigenvalue weighted by Gasteiger charge is 2.26. The van der Waals surface area contributed by atoms with E-state index < -0.39 is 0 Å². The second-order valence-corrected chi connectivity index (χ2v) is 9.10. The Morgan fingerprint density at radius 1 is 1.28 bits per heavy atom. The maximum atomic E-state index is 12.0. The molecule has 0 atom stereocenters. The van der Waals surface area contributed by atoms with E-state index in [1.54, 1.807) is 11.3 Å². The summed E-state index contributed by atoms with van der Waals surface area (Å²) >= 11 is 5.02. The van der Waals surface area contributed by atoms with E-state index in [0.717, 1.165) is 15.1 Å². The number of amides is 1. The minimum Gasteiger partial charge on any atom is -0.351 e. The Labute approximate surface area is 122 Å². The summed E-state index contributed by atoms with van der Waals surface area (Å²) in [6.45, 7) is 10.7. The van der Waals surface area contributed by atoms with Crippen molar-refractivity contribution in [2.75, 3.05) is 0 Å². The van der Waals surface area contributed by atoms with Gasteiger partial charge in [0.1, 0.15) is 0 Å². The second kappa shape index (κ2) is 5.74. The van der Waals surface area contributed by atoms with Gasteiger partial charge in [-0.15, -0.1) is 11.3 Å². The molecule has 0 aromatic carbocycles. The van der Waals surface area contributed by atoms with Gasteiger partial charge < -0.3 is 5.32 Å². The topological polar surface area (TPSA) is 29.1 Å². The lowest BCUT2D eigenvalue weighted by Gasteiger charge is -2.33. The summed E-state index contributed by atoms with van der Waals surface area (Å²) in [6.07, 6.45) is 1.42. The minimum absolute atomic E-state index is 0.0959. The van der Waals surface area contributed by atoms with Crippen LogP contribution in [0.2, 0.25) is 0 Å². The fourth-order valence-electron chi connectivity index (χ4n) is 2.40. The molecule has 2 nitrogen and oxygen atoms in total. The lowest BCUT2D eigenvalue weighted by Crippen LogP contribution is -2.46. The van der Waals surface area contributed by atoms with Gasteiger partial charge in [0.25, 0.3) is 0 Å². The first-order chi connectivity index (χ1) is 8.07. The van der Waals surface area contributed by atoms with Crippen LogP contribution in [0.15, 0.2) is 15.9 Å². The van der Waals surface area contributed by atoms with Crippen molar-refractivity contribution in [3.63, 3.8) is 0 Å². The molecular formula is C14H22BrNOS. The van der Waals surface area contributed by atoms with Crippen LogP contribution in [-0.4, -0.2) is 11.4 Å². The molecule has 1 rings (SSSR count). The quantitative estimate of drug-likeness (QED) is 0.871. The zero-order chi connectivity index (χ0) is 14.0. The Hall–Kier alpha value is -0.350. The molecule has 0 radical (unpaired) electrons. The van der Waals surface area contributed by atoms with E-state index in [1.807, 2.05) is 12.1 Å². The molecule has 1 amide bonds. The Balaban J connectivity index is 2.54. The van der Waals surface area contributed by atoms with E-state index in [9.17, 15) is 4.79 Å². The van der Waals surface area contributed by atoms with Gasteiger partial charge in [0.15, 0.2) is 0 Å². The van der Waals surface area contributed by atoms with Gasteiger partial charge in [-0.05, 0) is 53.7 Å². The predicted molar refractivity (Wildman–Crippen MR) is 82.0 cm³/mol. The molecule has 1 aromatic rings. The Kier molecular flexibility index (Phi) is 5.01. The van der Waals surface area contributed by atoms with Gasteiger partial charge in [-0.2, -0.15) is 0 Å². The molecule has 0 saturated carbocycles. The van der Waals surface area contributed by atoms with Crippen LogP contribution in [-0.2, 0) is 11.2 Å². The molecule has 18 heavy (non-hydrogen) atoms. The van der Waals surface area contributed by atoms with Gasteiger partial charge >= 0.3 is 0 Å². The first kappa shape index (κ1) is 15.7. The summed E-state index contributed by atoms with van der Waals surface area (Å²) in [5.41, 5.74) is 0.0482. The lowest BCUT2D eigenvalue weighted by molar-refractivity contribution is -0.122. The van der Waals surface area contributed by atoms with Crippen LogP contribution in [0, 0.1) is 5.41 Å². The van der Waals surface area contributed by atoms with E-state index >= 15 is 0 Å². The number of hydrogen-bond donors (Lipinski definition) is 1. The highest BCUT2D eigenvalue weighted by molar-refractivity contribution is 9.11. The molecule has 4 heteroatoms. The van der Waals surface area contributed by atoms with E-state index in [1.165, 1.54) is 0 Å². The molecule has 102 valence electrons. The summed E-state index contributed by atoms with van der Waals surface area (Å²) in [4.78, 5) is 13.1. The third-order valence-electron chi connectivity index (χ3n) is 2.41. The van der Waals surface area contributed by atoms with Gasteiger partial charge in [-0.25, -0.2) is 0 Å². The summed E-state index contributed by atoms with van der Waals surface area (Å²) in [5.74, 6) is 0.0959. The smallest absolute Gasteiger partial charge is 0.225 e. The Bertz CT molecular complexity index is 418. The molecule has 1 aromatic heterocycles.